The first-order chi connectivity index (χ1) is 13.5. The quantitative estimate of drug-likeness (QED) is 0.579. The molecule has 5 nitrogen and oxygen atoms in total. The first kappa shape index (κ1) is 19.4. The highest BCUT2D eigenvalue weighted by Gasteiger charge is 2.20. The van der Waals surface area contributed by atoms with Crippen LogP contribution in [-0.2, 0) is 6.61 Å². The minimum absolute atomic E-state index is 0.0580. The number of H-pyrrole nitrogens is 1. The SMILES string of the molecule is CC(=O)c1c(C)[nH]c(C(=O)COc2ccc(OCc3ccccc3)cc2)c1C. The minimum atomic E-state index is -0.197. The number of benzene rings is 2. The van der Waals surface area contributed by atoms with Crippen molar-refractivity contribution in [2.24, 2.45) is 0 Å². The fraction of sp³-hybridized carbons (Fsp3) is 0.217. The lowest BCUT2D eigenvalue weighted by Gasteiger charge is -2.08. The molecule has 1 aromatic heterocycles. The van der Waals surface area contributed by atoms with Crippen LogP contribution >= 0.6 is 0 Å². The van der Waals surface area contributed by atoms with Gasteiger partial charge in [0, 0.05) is 11.3 Å². The number of hydrogen-bond acceptors (Lipinski definition) is 4. The Morgan fingerprint density at radius 2 is 1.50 bits per heavy atom. The van der Waals surface area contributed by atoms with Crippen LogP contribution in [0.5, 0.6) is 11.5 Å². The molecule has 0 radical (unpaired) electrons. The number of carbonyl (C=O) groups excluding carboxylic acids is 2. The summed E-state index contributed by atoms with van der Waals surface area (Å²) >= 11 is 0. The van der Waals surface area contributed by atoms with E-state index in [1.54, 1.807) is 38.1 Å². The maximum Gasteiger partial charge on any atom is 0.216 e. The van der Waals surface area contributed by atoms with Crippen LogP contribution in [0.15, 0.2) is 54.6 Å². The highest BCUT2D eigenvalue weighted by molar-refractivity contribution is 6.03. The molecule has 1 N–H and O–H groups in total. The van der Waals surface area contributed by atoms with Crippen molar-refractivity contribution in [3.8, 4) is 11.5 Å². The second-order valence-electron chi connectivity index (χ2n) is 6.64. The van der Waals surface area contributed by atoms with Gasteiger partial charge in [-0.15, -0.1) is 0 Å². The Balaban J connectivity index is 1.57. The highest BCUT2D eigenvalue weighted by atomic mass is 16.5. The number of aryl methyl sites for hydroxylation is 1. The molecular formula is C23H23NO4. The molecule has 0 aliphatic rings. The molecule has 144 valence electrons. The number of aromatic amines is 1. The van der Waals surface area contributed by atoms with E-state index < -0.39 is 0 Å². The van der Waals surface area contributed by atoms with Gasteiger partial charge in [0.05, 0.1) is 5.69 Å². The van der Waals surface area contributed by atoms with E-state index in [2.05, 4.69) is 4.98 Å². The second kappa shape index (κ2) is 8.57. The third-order valence-corrected chi connectivity index (χ3v) is 4.51. The molecule has 0 aliphatic carbocycles. The molecule has 1 heterocycles. The Kier molecular flexibility index (Phi) is 5.94. The maximum atomic E-state index is 12.5. The number of rotatable bonds is 8. The molecule has 2 aromatic carbocycles. The predicted octanol–water partition coefficient (Wildman–Crippen LogP) is 4.67. The molecule has 0 saturated carbocycles. The molecule has 3 aromatic rings. The smallest absolute Gasteiger partial charge is 0.216 e. The van der Waals surface area contributed by atoms with Crippen molar-refractivity contribution in [2.75, 3.05) is 6.61 Å². The number of hydrogen-bond donors (Lipinski definition) is 1. The van der Waals surface area contributed by atoms with Crippen LogP contribution < -0.4 is 9.47 Å². The first-order valence-electron chi connectivity index (χ1n) is 9.08. The van der Waals surface area contributed by atoms with Crippen molar-refractivity contribution >= 4 is 11.6 Å². The third kappa shape index (κ3) is 4.49. The summed E-state index contributed by atoms with van der Waals surface area (Å²) in [4.78, 5) is 27.2. The van der Waals surface area contributed by atoms with Gasteiger partial charge in [-0.3, -0.25) is 9.59 Å². The summed E-state index contributed by atoms with van der Waals surface area (Å²) in [5.41, 5.74) is 3.46. The topological polar surface area (TPSA) is 68.4 Å². The number of Topliss-reactive ketones (excluding diaryl/α,β-unsaturated/α-hetero) is 2. The summed E-state index contributed by atoms with van der Waals surface area (Å²) in [5.74, 6) is 1.05. The lowest BCUT2D eigenvalue weighted by Crippen LogP contribution is -2.13. The Morgan fingerprint density at radius 1 is 0.893 bits per heavy atom. The molecule has 0 aliphatic heterocycles. The monoisotopic (exact) mass is 377 g/mol. The van der Waals surface area contributed by atoms with Crippen molar-refractivity contribution in [1.29, 1.82) is 0 Å². The molecule has 28 heavy (non-hydrogen) atoms. The van der Waals surface area contributed by atoms with Crippen molar-refractivity contribution in [1.82, 2.24) is 4.98 Å². The van der Waals surface area contributed by atoms with Gasteiger partial charge in [0.25, 0.3) is 0 Å². The van der Waals surface area contributed by atoms with Crippen molar-refractivity contribution in [3.63, 3.8) is 0 Å². The molecule has 5 heteroatoms. The van der Waals surface area contributed by atoms with Gasteiger partial charge in [0.15, 0.2) is 12.4 Å². The number of carbonyl (C=O) groups is 2. The van der Waals surface area contributed by atoms with Crippen LogP contribution in [-0.4, -0.2) is 23.2 Å². The molecule has 0 saturated heterocycles. The normalized spacial score (nSPS) is 10.5. The van der Waals surface area contributed by atoms with Crippen LogP contribution in [0.4, 0.5) is 0 Å². The average Bonchev–Trinajstić information content (AvgIpc) is 3.00. The average molecular weight is 377 g/mol. The highest BCUT2D eigenvalue weighted by Crippen LogP contribution is 2.21. The van der Waals surface area contributed by atoms with Gasteiger partial charge in [0.2, 0.25) is 5.78 Å². The molecular weight excluding hydrogens is 354 g/mol. The number of nitrogens with one attached hydrogen (secondary N) is 1. The van der Waals surface area contributed by atoms with E-state index >= 15 is 0 Å². The molecule has 0 amide bonds. The van der Waals surface area contributed by atoms with E-state index in [0.29, 0.717) is 34.9 Å². The molecule has 0 atom stereocenters. The number of ketones is 2. The van der Waals surface area contributed by atoms with Gasteiger partial charge in [-0.25, -0.2) is 0 Å². The fourth-order valence-corrected chi connectivity index (χ4v) is 3.15. The zero-order valence-electron chi connectivity index (χ0n) is 16.2. The van der Waals surface area contributed by atoms with E-state index in [4.69, 9.17) is 9.47 Å². The standard InChI is InChI=1S/C23H23NO4/c1-15-22(17(3)25)16(2)24-23(15)21(26)14-28-20-11-9-19(10-12-20)27-13-18-7-5-4-6-8-18/h4-12,24H,13-14H2,1-3H3. The van der Waals surface area contributed by atoms with Crippen LogP contribution in [0, 0.1) is 13.8 Å². The number of aromatic nitrogens is 1. The minimum Gasteiger partial charge on any atom is -0.489 e. The Labute approximate surface area is 164 Å². The zero-order valence-corrected chi connectivity index (χ0v) is 16.2. The molecule has 0 fully saturated rings. The number of ether oxygens (including phenoxy) is 2. The maximum absolute atomic E-state index is 12.5. The Bertz CT molecular complexity index is 972. The van der Waals surface area contributed by atoms with Gasteiger partial charge < -0.3 is 14.5 Å². The van der Waals surface area contributed by atoms with Gasteiger partial charge >= 0.3 is 0 Å². The Hall–Kier alpha value is -3.34. The van der Waals surface area contributed by atoms with E-state index in [1.807, 2.05) is 30.3 Å². The lowest BCUT2D eigenvalue weighted by atomic mass is 10.1. The van der Waals surface area contributed by atoms with E-state index in [9.17, 15) is 9.59 Å². The fourth-order valence-electron chi connectivity index (χ4n) is 3.15. The summed E-state index contributed by atoms with van der Waals surface area (Å²) in [6.07, 6.45) is 0. The van der Waals surface area contributed by atoms with E-state index in [0.717, 1.165) is 11.3 Å². The van der Waals surface area contributed by atoms with Crippen LogP contribution in [0.25, 0.3) is 0 Å². The lowest BCUT2D eigenvalue weighted by molar-refractivity contribution is 0.0916. The molecule has 3 rings (SSSR count). The summed E-state index contributed by atoms with van der Waals surface area (Å²) in [6.45, 7) is 5.43. The van der Waals surface area contributed by atoms with Gasteiger partial charge in [0.1, 0.15) is 18.1 Å². The van der Waals surface area contributed by atoms with E-state index in [1.165, 1.54) is 6.92 Å². The summed E-state index contributed by atoms with van der Waals surface area (Å²) in [6, 6.07) is 17.1. The molecule has 0 bridgehead atoms. The summed E-state index contributed by atoms with van der Waals surface area (Å²) in [7, 11) is 0. The molecule has 0 spiro atoms. The summed E-state index contributed by atoms with van der Waals surface area (Å²) in [5, 5.41) is 0. The predicted molar refractivity (Wildman–Crippen MR) is 107 cm³/mol. The molecule has 0 unspecified atom stereocenters. The second-order valence-corrected chi connectivity index (χ2v) is 6.64. The van der Waals surface area contributed by atoms with Gasteiger partial charge in [-0.1, -0.05) is 30.3 Å². The largest absolute Gasteiger partial charge is 0.489 e. The van der Waals surface area contributed by atoms with Crippen molar-refractivity contribution < 1.29 is 19.1 Å². The van der Waals surface area contributed by atoms with Gasteiger partial charge in [-0.05, 0) is 56.2 Å². The van der Waals surface area contributed by atoms with Gasteiger partial charge in [-0.2, -0.15) is 0 Å². The van der Waals surface area contributed by atoms with Crippen LogP contribution in [0.3, 0.4) is 0 Å². The van der Waals surface area contributed by atoms with Crippen molar-refractivity contribution in [3.05, 3.63) is 82.7 Å². The van der Waals surface area contributed by atoms with Crippen molar-refractivity contribution in [2.45, 2.75) is 27.4 Å². The van der Waals surface area contributed by atoms with Crippen LogP contribution in [0.1, 0.15) is 44.6 Å². The first-order valence-corrected chi connectivity index (χ1v) is 9.08. The summed E-state index contributed by atoms with van der Waals surface area (Å²) < 4.78 is 11.3. The van der Waals surface area contributed by atoms with Crippen LogP contribution in [0.2, 0.25) is 0 Å². The van der Waals surface area contributed by atoms with E-state index in [-0.39, 0.29) is 18.2 Å². The zero-order chi connectivity index (χ0) is 20.1. The Morgan fingerprint density at radius 3 is 2.07 bits per heavy atom. The third-order valence-electron chi connectivity index (χ3n) is 4.51.